The van der Waals surface area contributed by atoms with Gasteiger partial charge in [-0.05, 0) is 24.6 Å². The van der Waals surface area contributed by atoms with E-state index in [1.807, 2.05) is 35.1 Å². The summed E-state index contributed by atoms with van der Waals surface area (Å²) in [6, 6.07) is 9.32. The average Bonchev–Trinajstić information content (AvgIpc) is 3.18. The first-order chi connectivity index (χ1) is 12.7. The molecule has 1 atom stereocenters. The molecule has 26 heavy (non-hydrogen) atoms. The molecule has 8 heteroatoms. The summed E-state index contributed by atoms with van der Waals surface area (Å²) in [7, 11) is 0. The molecule has 0 aliphatic carbocycles. The third kappa shape index (κ3) is 3.56. The van der Waals surface area contributed by atoms with E-state index in [1.165, 1.54) is 11.5 Å². The van der Waals surface area contributed by atoms with Gasteiger partial charge in [-0.25, -0.2) is 0 Å². The maximum absolute atomic E-state index is 12.8. The third-order valence-corrected chi connectivity index (χ3v) is 5.55. The number of carbonyl (C=O) groups is 1. The summed E-state index contributed by atoms with van der Waals surface area (Å²) in [5.74, 6) is -0.0466. The molecule has 0 saturated carbocycles. The van der Waals surface area contributed by atoms with Gasteiger partial charge in [0.2, 0.25) is 5.91 Å². The van der Waals surface area contributed by atoms with E-state index >= 15 is 0 Å². The lowest BCUT2D eigenvalue weighted by atomic mass is 10.3. The van der Waals surface area contributed by atoms with Gasteiger partial charge in [0, 0.05) is 32.1 Å². The van der Waals surface area contributed by atoms with Crippen molar-refractivity contribution in [2.45, 2.75) is 25.6 Å². The van der Waals surface area contributed by atoms with Crippen molar-refractivity contribution in [1.82, 2.24) is 18.6 Å². The number of fused-ring (bicyclic) bond motifs is 1. The van der Waals surface area contributed by atoms with Gasteiger partial charge in [0.1, 0.15) is 6.54 Å². The number of amides is 1. The van der Waals surface area contributed by atoms with Crippen LogP contribution in [-0.2, 0) is 22.6 Å². The molecule has 7 nitrogen and oxygen atoms in total. The number of hydrogen-bond donors (Lipinski definition) is 0. The van der Waals surface area contributed by atoms with Crippen molar-refractivity contribution >= 4 is 27.5 Å². The second kappa shape index (κ2) is 7.43. The molecule has 0 bridgehead atoms. The number of hydrogen-bond acceptors (Lipinski definition) is 5. The van der Waals surface area contributed by atoms with Gasteiger partial charge in [-0.3, -0.25) is 18.2 Å². The van der Waals surface area contributed by atoms with Crippen molar-refractivity contribution in [3.05, 3.63) is 53.1 Å². The molecule has 0 spiro atoms. The Morgan fingerprint density at radius 2 is 2.19 bits per heavy atom. The molecule has 0 N–H and O–H groups in total. The monoisotopic (exact) mass is 372 g/mol. The van der Waals surface area contributed by atoms with E-state index in [0.717, 1.165) is 11.1 Å². The molecule has 1 aromatic carbocycles. The fourth-order valence-electron chi connectivity index (χ4n) is 3.19. The molecule has 0 radical (unpaired) electrons. The Morgan fingerprint density at radius 3 is 3.00 bits per heavy atom. The second-order valence-corrected chi connectivity index (χ2v) is 7.41. The first kappa shape index (κ1) is 17.0. The molecule has 1 aliphatic heterocycles. The minimum Gasteiger partial charge on any atom is -0.374 e. The summed E-state index contributed by atoms with van der Waals surface area (Å²) in [6.45, 7) is 2.47. The zero-order valence-corrected chi connectivity index (χ0v) is 15.1. The van der Waals surface area contributed by atoms with E-state index in [2.05, 4.69) is 5.10 Å². The van der Waals surface area contributed by atoms with E-state index in [0.29, 0.717) is 31.6 Å². The zero-order chi connectivity index (χ0) is 17.9. The van der Waals surface area contributed by atoms with Crippen LogP contribution < -0.4 is 5.56 Å². The van der Waals surface area contributed by atoms with Gasteiger partial charge in [-0.1, -0.05) is 23.7 Å². The molecule has 1 saturated heterocycles. The maximum Gasteiger partial charge on any atom is 0.268 e. The van der Waals surface area contributed by atoms with E-state index in [4.69, 9.17) is 4.74 Å². The normalized spacial score (nSPS) is 18.2. The van der Waals surface area contributed by atoms with Gasteiger partial charge in [-0.15, -0.1) is 0 Å². The van der Waals surface area contributed by atoms with Crippen molar-refractivity contribution in [3.8, 4) is 0 Å². The van der Waals surface area contributed by atoms with Crippen LogP contribution in [0.2, 0.25) is 0 Å². The topological polar surface area (TPSA) is 69.4 Å². The molecule has 1 aliphatic rings. The summed E-state index contributed by atoms with van der Waals surface area (Å²) in [4.78, 5) is 27.1. The fraction of sp³-hybridized carbons (Fsp3) is 0.389. The molecule has 3 heterocycles. The van der Waals surface area contributed by atoms with Gasteiger partial charge < -0.3 is 9.64 Å². The van der Waals surface area contributed by atoms with E-state index in [-0.39, 0.29) is 24.1 Å². The van der Waals surface area contributed by atoms with Crippen molar-refractivity contribution in [1.29, 1.82) is 0 Å². The number of benzene rings is 1. The standard InChI is InChI=1S/C18H20N4O3S/c23-17(13-22-18(24)15-5-1-2-6-16(15)26-22)20-8-4-10-25-14(11-20)12-21-9-3-7-19-21/h1-3,5-7,9,14H,4,8,10-13H2/t14-/m1/s1. The Balaban J connectivity index is 1.47. The smallest absolute Gasteiger partial charge is 0.268 e. The van der Waals surface area contributed by atoms with Gasteiger partial charge in [0.05, 0.1) is 22.7 Å². The van der Waals surface area contributed by atoms with E-state index < -0.39 is 0 Å². The summed E-state index contributed by atoms with van der Waals surface area (Å²) < 4.78 is 10.1. The summed E-state index contributed by atoms with van der Waals surface area (Å²) in [5.41, 5.74) is -0.0990. The summed E-state index contributed by atoms with van der Waals surface area (Å²) >= 11 is 1.34. The van der Waals surface area contributed by atoms with Crippen molar-refractivity contribution in [2.24, 2.45) is 0 Å². The van der Waals surface area contributed by atoms with Crippen LogP contribution in [0.15, 0.2) is 47.5 Å². The van der Waals surface area contributed by atoms with Crippen LogP contribution in [0, 0.1) is 0 Å². The van der Waals surface area contributed by atoms with Crippen molar-refractivity contribution < 1.29 is 9.53 Å². The predicted octanol–water partition coefficient (Wildman–Crippen LogP) is 1.58. The first-order valence-corrected chi connectivity index (χ1v) is 9.44. The third-order valence-electron chi connectivity index (χ3n) is 4.48. The number of rotatable bonds is 4. The molecular formula is C18H20N4O3S. The van der Waals surface area contributed by atoms with Crippen molar-refractivity contribution in [3.63, 3.8) is 0 Å². The SMILES string of the molecule is O=C(Cn1sc2ccccc2c1=O)N1CCCO[C@@H](Cn2cccn2)C1. The van der Waals surface area contributed by atoms with Gasteiger partial charge in [-0.2, -0.15) is 5.10 Å². The predicted molar refractivity (Wildman–Crippen MR) is 99.2 cm³/mol. The molecule has 4 rings (SSSR count). The van der Waals surface area contributed by atoms with Crippen LogP contribution in [-0.4, -0.2) is 50.3 Å². The Hall–Kier alpha value is -2.45. The van der Waals surface area contributed by atoms with Crippen LogP contribution in [0.1, 0.15) is 6.42 Å². The zero-order valence-electron chi connectivity index (χ0n) is 14.3. The molecule has 2 aromatic heterocycles. The summed E-state index contributed by atoms with van der Waals surface area (Å²) in [6.07, 6.45) is 4.31. The quantitative estimate of drug-likeness (QED) is 0.697. The highest BCUT2D eigenvalue weighted by atomic mass is 32.1. The molecule has 3 aromatic rings. The lowest BCUT2D eigenvalue weighted by Crippen LogP contribution is -2.40. The van der Waals surface area contributed by atoms with Gasteiger partial charge >= 0.3 is 0 Å². The van der Waals surface area contributed by atoms with Gasteiger partial charge in [0.25, 0.3) is 5.56 Å². The lowest BCUT2D eigenvalue weighted by Gasteiger charge is -2.24. The van der Waals surface area contributed by atoms with Crippen LogP contribution in [0.4, 0.5) is 0 Å². The van der Waals surface area contributed by atoms with Gasteiger partial charge in [0.15, 0.2) is 0 Å². The highest BCUT2D eigenvalue weighted by Gasteiger charge is 2.24. The molecule has 136 valence electrons. The molecule has 1 amide bonds. The van der Waals surface area contributed by atoms with E-state index in [1.54, 1.807) is 21.1 Å². The van der Waals surface area contributed by atoms with Crippen LogP contribution in [0.5, 0.6) is 0 Å². The van der Waals surface area contributed by atoms with E-state index in [9.17, 15) is 9.59 Å². The van der Waals surface area contributed by atoms with Crippen LogP contribution in [0.25, 0.3) is 10.1 Å². The average molecular weight is 372 g/mol. The highest BCUT2D eigenvalue weighted by molar-refractivity contribution is 7.13. The summed E-state index contributed by atoms with van der Waals surface area (Å²) in [5, 5.41) is 4.87. The Bertz CT molecular complexity index is 947. The molecule has 1 fully saturated rings. The Morgan fingerprint density at radius 1 is 1.31 bits per heavy atom. The first-order valence-electron chi connectivity index (χ1n) is 8.66. The van der Waals surface area contributed by atoms with Crippen molar-refractivity contribution in [2.75, 3.05) is 19.7 Å². The maximum atomic E-state index is 12.8. The Kier molecular flexibility index (Phi) is 4.85. The molecular weight excluding hydrogens is 352 g/mol. The van der Waals surface area contributed by atoms with Crippen LogP contribution >= 0.6 is 11.5 Å². The Labute approximate surface area is 154 Å². The lowest BCUT2D eigenvalue weighted by molar-refractivity contribution is -0.132. The number of aromatic nitrogens is 3. The number of ether oxygens (including phenoxy) is 1. The molecule has 0 unspecified atom stereocenters. The highest BCUT2D eigenvalue weighted by Crippen LogP contribution is 2.16. The largest absolute Gasteiger partial charge is 0.374 e. The van der Waals surface area contributed by atoms with Crippen LogP contribution in [0.3, 0.4) is 0 Å². The number of nitrogens with zero attached hydrogens (tertiary/aromatic N) is 4. The minimum absolute atomic E-state index is 0.0466. The minimum atomic E-state index is -0.0990. The second-order valence-electron chi connectivity index (χ2n) is 6.34. The number of carbonyl (C=O) groups excluding carboxylic acids is 1. The fourth-order valence-corrected chi connectivity index (χ4v) is 4.18.